The van der Waals surface area contributed by atoms with Crippen molar-refractivity contribution >= 4 is 0 Å². The van der Waals surface area contributed by atoms with Crippen molar-refractivity contribution in [3.8, 4) is 0 Å². The molecule has 2 aliphatic rings. The normalized spacial score (nSPS) is 24.4. The maximum atomic E-state index is 4.13. The Balaban J connectivity index is 1.45. The number of aromatic nitrogens is 3. The van der Waals surface area contributed by atoms with E-state index in [2.05, 4.69) is 15.2 Å². The van der Waals surface area contributed by atoms with Gasteiger partial charge in [-0.25, -0.2) is 4.68 Å². The summed E-state index contributed by atoms with van der Waals surface area (Å²) in [6.45, 7) is 3.81. The molecule has 3 rings (SSSR count). The van der Waals surface area contributed by atoms with Crippen molar-refractivity contribution in [2.45, 2.75) is 51.0 Å². The van der Waals surface area contributed by atoms with Crippen LogP contribution in [0.5, 0.6) is 0 Å². The van der Waals surface area contributed by atoms with Crippen molar-refractivity contribution in [1.29, 1.82) is 0 Å². The van der Waals surface area contributed by atoms with Gasteiger partial charge in [0.1, 0.15) is 0 Å². The monoisotopic (exact) mass is 248 g/mol. The van der Waals surface area contributed by atoms with Crippen LogP contribution in [-0.2, 0) is 0 Å². The van der Waals surface area contributed by atoms with Crippen LogP contribution in [0.2, 0.25) is 0 Å². The van der Waals surface area contributed by atoms with Crippen LogP contribution in [0.3, 0.4) is 0 Å². The van der Waals surface area contributed by atoms with E-state index in [1.54, 1.807) is 6.20 Å². The SMILES string of the molecule is c1cn(C2CCN(CC3CCCCC3)CC2)nn1. The molecule has 4 nitrogen and oxygen atoms in total. The van der Waals surface area contributed by atoms with Crippen LogP contribution in [0.1, 0.15) is 51.0 Å². The summed E-state index contributed by atoms with van der Waals surface area (Å²) in [6.07, 6.45) is 13.6. The Morgan fingerprint density at radius 2 is 1.78 bits per heavy atom. The van der Waals surface area contributed by atoms with E-state index in [-0.39, 0.29) is 0 Å². The Morgan fingerprint density at radius 3 is 2.44 bits per heavy atom. The van der Waals surface area contributed by atoms with Crippen molar-refractivity contribution in [2.24, 2.45) is 5.92 Å². The molecule has 1 saturated heterocycles. The Hall–Kier alpha value is -0.900. The summed E-state index contributed by atoms with van der Waals surface area (Å²) in [5, 5.41) is 8.04. The van der Waals surface area contributed by atoms with Crippen molar-refractivity contribution in [3.05, 3.63) is 12.4 Å². The van der Waals surface area contributed by atoms with Gasteiger partial charge in [0.25, 0.3) is 0 Å². The van der Waals surface area contributed by atoms with E-state index in [1.807, 2.05) is 10.9 Å². The minimum atomic E-state index is 0.579. The molecule has 2 fully saturated rings. The summed E-state index contributed by atoms with van der Waals surface area (Å²) in [6, 6.07) is 0.579. The number of hydrogen-bond acceptors (Lipinski definition) is 3. The van der Waals surface area contributed by atoms with Gasteiger partial charge in [-0.1, -0.05) is 24.5 Å². The first kappa shape index (κ1) is 12.2. The third-order valence-corrected chi connectivity index (χ3v) is 4.61. The second kappa shape index (κ2) is 5.83. The van der Waals surface area contributed by atoms with Gasteiger partial charge in [-0.2, -0.15) is 0 Å². The van der Waals surface area contributed by atoms with Crippen molar-refractivity contribution in [2.75, 3.05) is 19.6 Å². The molecule has 1 aromatic rings. The van der Waals surface area contributed by atoms with E-state index >= 15 is 0 Å². The second-order valence-corrected chi connectivity index (χ2v) is 5.92. The molecule has 0 radical (unpaired) electrons. The van der Waals surface area contributed by atoms with Crippen LogP contribution >= 0.6 is 0 Å². The Labute approximate surface area is 109 Å². The van der Waals surface area contributed by atoms with Crippen molar-refractivity contribution in [1.82, 2.24) is 19.9 Å². The molecule has 1 aliphatic carbocycles. The minimum Gasteiger partial charge on any atom is -0.303 e. The summed E-state index contributed by atoms with van der Waals surface area (Å²) in [4.78, 5) is 2.67. The fraction of sp³-hybridized carbons (Fsp3) is 0.857. The molecule has 0 unspecified atom stereocenters. The predicted octanol–water partition coefficient (Wildman–Crippen LogP) is 2.50. The highest BCUT2D eigenvalue weighted by Gasteiger charge is 2.23. The summed E-state index contributed by atoms with van der Waals surface area (Å²) >= 11 is 0. The van der Waals surface area contributed by atoms with Gasteiger partial charge in [0.05, 0.1) is 12.2 Å². The maximum absolute atomic E-state index is 4.13. The molecule has 0 N–H and O–H groups in total. The lowest BCUT2D eigenvalue weighted by atomic mass is 9.88. The highest BCUT2D eigenvalue weighted by Crippen LogP contribution is 2.27. The lowest BCUT2D eigenvalue weighted by Crippen LogP contribution is -2.38. The van der Waals surface area contributed by atoms with Crippen LogP contribution in [0.15, 0.2) is 12.4 Å². The van der Waals surface area contributed by atoms with Crippen LogP contribution in [0.25, 0.3) is 0 Å². The third-order valence-electron chi connectivity index (χ3n) is 4.61. The van der Waals surface area contributed by atoms with Crippen LogP contribution < -0.4 is 0 Å². The maximum Gasteiger partial charge on any atom is 0.0693 e. The number of rotatable bonds is 3. The lowest BCUT2D eigenvalue weighted by molar-refractivity contribution is 0.143. The molecular formula is C14H24N4. The van der Waals surface area contributed by atoms with E-state index in [0.717, 1.165) is 5.92 Å². The quantitative estimate of drug-likeness (QED) is 0.824. The van der Waals surface area contributed by atoms with Gasteiger partial charge in [-0.3, -0.25) is 0 Å². The van der Waals surface area contributed by atoms with E-state index in [4.69, 9.17) is 0 Å². The summed E-state index contributed by atoms with van der Waals surface area (Å²) in [5.41, 5.74) is 0. The third kappa shape index (κ3) is 2.91. The van der Waals surface area contributed by atoms with E-state index < -0.39 is 0 Å². The van der Waals surface area contributed by atoms with Gasteiger partial charge in [0, 0.05) is 25.8 Å². The number of piperidine rings is 1. The molecule has 0 spiro atoms. The molecule has 4 heteroatoms. The highest BCUT2D eigenvalue weighted by atomic mass is 15.4. The Bertz CT molecular complexity index is 335. The van der Waals surface area contributed by atoms with Gasteiger partial charge in [-0.05, 0) is 31.6 Å². The fourth-order valence-corrected chi connectivity index (χ4v) is 3.51. The summed E-state index contributed by atoms with van der Waals surface area (Å²) in [5.74, 6) is 0.974. The zero-order valence-electron chi connectivity index (χ0n) is 11.2. The van der Waals surface area contributed by atoms with E-state index in [1.165, 1.54) is 64.6 Å². The lowest BCUT2D eigenvalue weighted by Gasteiger charge is -2.35. The minimum absolute atomic E-state index is 0.579. The van der Waals surface area contributed by atoms with E-state index in [9.17, 15) is 0 Å². The largest absolute Gasteiger partial charge is 0.303 e. The van der Waals surface area contributed by atoms with E-state index in [0.29, 0.717) is 6.04 Å². The van der Waals surface area contributed by atoms with Crippen LogP contribution in [-0.4, -0.2) is 39.5 Å². The molecule has 0 amide bonds. The first-order chi connectivity index (χ1) is 8.92. The second-order valence-electron chi connectivity index (χ2n) is 5.92. The number of nitrogens with zero attached hydrogens (tertiary/aromatic N) is 4. The molecule has 0 aromatic carbocycles. The van der Waals surface area contributed by atoms with Crippen LogP contribution in [0, 0.1) is 5.92 Å². The Kier molecular flexibility index (Phi) is 3.93. The molecule has 18 heavy (non-hydrogen) atoms. The average molecular weight is 248 g/mol. The Morgan fingerprint density at radius 1 is 1.00 bits per heavy atom. The topological polar surface area (TPSA) is 34.0 Å². The predicted molar refractivity (Wildman–Crippen MR) is 71.3 cm³/mol. The van der Waals surface area contributed by atoms with Gasteiger partial charge in [-0.15, -0.1) is 5.10 Å². The molecular weight excluding hydrogens is 224 g/mol. The van der Waals surface area contributed by atoms with Crippen LogP contribution in [0.4, 0.5) is 0 Å². The molecule has 1 saturated carbocycles. The molecule has 0 bridgehead atoms. The van der Waals surface area contributed by atoms with Gasteiger partial charge >= 0.3 is 0 Å². The van der Waals surface area contributed by atoms with Crippen molar-refractivity contribution < 1.29 is 0 Å². The zero-order valence-corrected chi connectivity index (χ0v) is 11.2. The molecule has 100 valence electrons. The molecule has 2 heterocycles. The van der Waals surface area contributed by atoms with Gasteiger partial charge < -0.3 is 4.90 Å². The van der Waals surface area contributed by atoms with Gasteiger partial charge in [0.15, 0.2) is 0 Å². The standard InChI is InChI=1S/C14H24N4/c1-2-4-13(5-3-1)12-17-9-6-14(7-10-17)18-11-8-15-16-18/h8,11,13-14H,1-7,9-10,12H2. The zero-order chi connectivity index (χ0) is 12.2. The van der Waals surface area contributed by atoms with Crippen molar-refractivity contribution in [3.63, 3.8) is 0 Å². The summed E-state index contributed by atoms with van der Waals surface area (Å²) in [7, 11) is 0. The summed E-state index contributed by atoms with van der Waals surface area (Å²) < 4.78 is 2.04. The smallest absolute Gasteiger partial charge is 0.0693 e. The highest BCUT2D eigenvalue weighted by molar-refractivity contribution is 4.80. The molecule has 0 atom stereocenters. The van der Waals surface area contributed by atoms with Gasteiger partial charge in [0.2, 0.25) is 0 Å². The first-order valence-corrected chi connectivity index (χ1v) is 7.50. The molecule has 1 aromatic heterocycles. The number of likely N-dealkylation sites (tertiary alicyclic amines) is 1. The average Bonchev–Trinajstić information content (AvgIpc) is 2.95. The fourth-order valence-electron chi connectivity index (χ4n) is 3.51. The molecule has 1 aliphatic heterocycles. The number of hydrogen-bond donors (Lipinski definition) is 0. The first-order valence-electron chi connectivity index (χ1n) is 7.50.